The average molecular weight is 314 g/mol. The molecule has 0 atom stereocenters. The maximum Gasteiger partial charge on any atom is 0.413 e. The number of fused-ring (bicyclic) bond motifs is 1. The van der Waals surface area contributed by atoms with Gasteiger partial charge in [0.25, 0.3) is 0 Å². The van der Waals surface area contributed by atoms with Crippen LogP contribution in [-0.2, 0) is 26.5 Å². The molecule has 1 N–H and O–H groups in total. The van der Waals surface area contributed by atoms with Crippen molar-refractivity contribution in [3.05, 3.63) is 18.2 Å². The number of methoxy groups -OCH3 is 1. The van der Waals surface area contributed by atoms with E-state index in [0.717, 1.165) is 22.4 Å². The van der Waals surface area contributed by atoms with Crippen molar-refractivity contribution in [3.8, 4) is 5.75 Å². The first-order valence-corrected chi connectivity index (χ1v) is 6.43. The monoisotopic (exact) mass is 314 g/mol. The fourth-order valence-corrected chi connectivity index (χ4v) is 2.29. The van der Waals surface area contributed by atoms with Gasteiger partial charge in [-0.2, -0.15) is 0 Å². The van der Waals surface area contributed by atoms with E-state index >= 15 is 0 Å². The number of thiazole rings is 1. The molecule has 19 heavy (non-hydrogen) atoms. The van der Waals surface area contributed by atoms with Gasteiger partial charge in [-0.25, -0.2) is 9.78 Å². The Hall–Kier alpha value is -1.11. The summed E-state index contributed by atoms with van der Waals surface area (Å²) >= 11 is 1.39. The summed E-state index contributed by atoms with van der Waals surface area (Å²) in [6.07, 6.45) is 0.451. The molecule has 0 spiro atoms. The van der Waals surface area contributed by atoms with Gasteiger partial charge in [0.15, 0.2) is 5.13 Å². The van der Waals surface area contributed by atoms with Gasteiger partial charge in [-0.3, -0.25) is 5.32 Å². The Bertz CT molecular complexity index is 559. The molecule has 0 saturated carbocycles. The van der Waals surface area contributed by atoms with E-state index in [-0.39, 0.29) is 21.7 Å². The van der Waals surface area contributed by atoms with E-state index in [0.29, 0.717) is 11.7 Å². The van der Waals surface area contributed by atoms with E-state index in [1.165, 1.54) is 18.4 Å². The molecule has 0 aliphatic rings. The van der Waals surface area contributed by atoms with Gasteiger partial charge in [-0.05, 0) is 24.6 Å². The van der Waals surface area contributed by atoms with Gasteiger partial charge < -0.3 is 9.47 Å². The van der Waals surface area contributed by atoms with Crippen molar-refractivity contribution in [1.29, 1.82) is 0 Å². The molecule has 1 heterocycles. The predicted molar refractivity (Wildman–Crippen MR) is 71.4 cm³/mol. The second-order valence-electron chi connectivity index (χ2n) is 3.61. The number of hydrogen-bond donors (Lipinski definition) is 1. The molecule has 0 aliphatic heterocycles. The largest absolute Gasteiger partial charge is 0.494 e. The van der Waals surface area contributed by atoms with Crippen molar-refractivity contribution in [2.75, 3.05) is 19.0 Å². The van der Waals surface area contributed by atoms with E-state index in [2.05, 4.69) is 22.0 Å². The minimum Gasteiger partial charge on any atom is -0.494 e. The van der Waals surface area contributed by atoms with Crippen molar-refractivity contribution >= 4 is 32.8 Å². The summed E-state index contributed by atoms with van der Waals surface area (Å²) < 4.78 is 11.0. The quantitative estimate of drug-likeness (QED) is 0.880. The third kappa shape index (κ3) is 4.19. The fraction of sp³-hybridized carbons (Fsp3) is 0.333. The summed E-state index contributed by atoms with van der Waals surface area (Å²) in [5, 5.41) is 3.07. The van der Waals surface area contributed by atoms with E-state index in [4.69, 9.17) is 4.74 Å². The minimum atomic E-state index is -0.517. The van der Waals surface area contributed by atoms with Crippen LogP contribution in [0, 0.1) is 0 Å². The number of nitrogens with zero attached hydrogens (tertiary/aromatic N) is 1. The van der Waals surface area contributed by atoms with Crippen molar-refractivity contribution < 1.29 is 36.0 Å². The second kappa shape index (κ2) is 7.48. The van der Waals surface area contributed by atoms with Crippen molar-refractivity contribution in [1.82, 2.24) is 4.98 Å². The number of anilines is 1. The van der Waals surface area contributed by atoms with Crippen LogP contribution in [0.4, 0.5) is 9.93 Å². The van der Waals surface area contributed by atoms with Gasteiger partial charge in [0.05, 0.1) is 23.9 Å². The standard InChI is InChI=1S/C12H14N2O3S.Ti/c1-3-6-17-8-4-5-9-10(7-8)18-11(13-9)14-12(15)16-2;/h4-5,7H,3,6H2,1-2H3,(H,13,14,15);. The van der Waals surface area contributed by atoms with Gasteiger partial charge in [0.2, 0.25) is 0 Å². The molecule has 2 rings (SSSR count). The summed E-state index contributed by atoms with van der Waals surface area (Å²) in [6.45, 7) is 2.75. The Balaban J connectivity index is 0.00000180. The Kier molecular flexibility index (Phi) is 6.28. The number of ether oxygens (including phenoxy) is 2. The SMILES string of the molecule is CCCOc1ccc2nc(NC(=O)OC)sc2c1.[Ti]. The first-order valence-electron chi connectivity index (χ1n) is 5.61. The molecule has 1 aromatic carbocycles. The summed E-state index contributed by atoms with van der Waals surface area (Å²) in [5.41, 5.74) is 0.829. The molecule has 0 fully saturated rings. The van der Waals surface area contributed by atoms with Crippen LogP contribution >= 0.6 is 11.3 Å². The predicted octanol–water partition coefficient (Wildman–Crippen LogP) is 3.26. The summed E-state index contributed by atoms with van der Waals surface area (Å²) in [4.78, 5) is 15.3. The van der Waals surface area contributed by atoms with Crippen molar-refractivity contribution in [2.45, 2.75) is 13.3 Å². The topological polar surface area (TPSA) is 60.5 Å². The molecule has 100 valence electrons. The third-order valence-corrected chi connectivity index (χ3v) is 3.16. The first kappa shape index (κ1) is 16.0. The van der Waals surface area contributed by atoms with Gasteiger partial charge in [-0.15, -0.1) is 0 Å². The Morgan fingerprint density at radius 3 is 2.95 bits per heavy atom. The van der Waals surface area contributed by atoms with Crippen LogP contribution in [0.5, 0.6) is 5.75 Å². The normalized spacial score (nSPS) is 9.79. The maximum absolute atomic E-state index is 11.1. The molecule has 0 radical (unpaired) electrons. The zero-order valence-corrected chi connectivity index (χ0v) is 13.1. The molecule has 1 aromatic heterocycles. The molecule has 2 aromatic rings. The minimum absolute atomic E-state index is 0. The van der Waals surface area contributed by atoms with Gasteiger partial charge in [0, 0.05) is 21.7 Å². The van der Waals surface area contributed by atoms with E-state index in [1.807, 2.05) is 18.2 Å². The zero-order valence-electron chi connectivity index (χ0n) is 10.7. The second-order valence-corrected chi connectivity index (χ2v) is 4.64. The van der Waals surface area contributed by atoms with Crippen molar-refractivity contribution in [2.24, 2.45) is 0 Å². The van der Waals surface area contributed by atoms with Crippen LogP contribution in [0.25, 0.3) is 10.2 Å². The van der Waals surface area contributed by atoms with E-state index < -0.39 is 6.09 Å². The van der Waals surface area contributed by atoms with Gasteiger partial charge in [-0.1, -0.05) is 18.3 Å². The molecule has 0 aliphatic carbocycles. The number of amides is 1. The molecule has 0 saturated heterocycles. The molecular weight excluding hydrogens is 300 g/mol. The van der Waals surface area contributed by atoms with E-state index in [9.17, 15) is 4.79 Å². The summed E-state index contributed by atoms with van der Waals surface area (Å²) in [5.74, 6) is 0.817. The number of rotatable bonds is 4. The number of carbonyl (C=O) groups excluding carboxylic acids is 1. The first-order chi connectivity index (χ1) is 8.72. The molecule has 7 heteroatoms. The Morgan fingerprint density at radius 1 is 1.47 bits per heavy atom. The number of carbonyl (C=O) groups is 1. The maximum atomic E-state index is 11.1. The van der Waals surface area contributed by atoms with Crippen LogP contribution in [0.15, 0.2) is 18.2 Å². The summed E-state index contributed by atoms with van der Waals surface area (Å²) in [6, 6.07) is 5.67. The fourth-order valence-electron chi connectivity index (χ4n) is 1.41. The van der Waals surface area contributed by atoms with Crippen LogP contribution in [0.1, 0.15) is 13.3 Å². The smallest absolute Gasteiger partial charge is 0.413 e. The molecule has 0 bridgehead atoms. The number of hydrogen-bond acceptors (Lipinski definition) is 5. The van der Waals surface area contributed by atoms with Crippen LogP contribution in [0.3, 0.4) is 0 Å². The molecular formula is C12H14N2O3STi. The summed E-state index contributed by atoms with van der Waals surface area (Å²) in [7, 11) is 1.32. The van der Waals surface area contributed by atoms with Crippen LogP contribution in [0.2, 0.25) is 0 Å². The number of aromatic nitrogens is 1. The van der Waals surface area contributed by atoms with Crippen molar-refractivity contribution in [3.63, 3.8) is 0 Å². The Morgan fingerprint density at radius 2 is 2.26 bits per heavy atom. The third-order valence-electron chi connectivity index (χ3n) is 2.23. The molecule has 1 amide bonds. The number of benzene rings is 1. The average Bonchev–Trinajstić information content (AvgIpc) is 2.77. The zero-order chi connectivity index (χ0) is 13.0. The molecule has 0 unspecified atom stereocenters. The molecule has 5 nitrogen and oxygen atoms in total. The number of nitrogens with one attached hydrogen (secondary N) is 1. The Labute approximate surface area is 130 Å². The van der Waals surface area contributed by atoms with E-state index in [1.54, 1.807) is 0 Å². The van der Waals surface area contributed by atoms with Crippen LogP contribution < -0.4 is 10.1 Å². The van der Waals surface area contributed by atoms with Crippen LogP contribution in [-0.4, -0.2) is 24.8 Å². The van der Waals surface area contributed by atoms with Gasteiger partial charge in [0.1, 0.15) is 5.75 Å². The van der Waals surface area contributed by atoms with Gasteiger partial charge >= 0.3 is 6.09 Å².